The van der Waals surface area contributed by atoms with Crippen molar-refractivity contribution in [2.75, 3.05) is 13.6 Å². The minimum atomic E-state index is -0.136. The lowest BCUT2D eigenvalue weighted by Gasteiger charge is -2.18. The van der Waals surface area contributed by atoms with Gasteiger partial charge in [0.2, 0.25) is 11.8 Å². The predicted molar refractivity (Wildman–Crippen MR) is 73.7 cm³/mol. The molecule has 0 aromatic carbocycles. The molecule has 0 fully saturated rings. The summed E-state index contributed by atoms with van der Waals surface area (Å²) in [6.07, 6.45) is 0. The van der Waals surface area contributed by atoms with Crippen molar-refractivity contribution in [3.63, 3.8) is 0 Å². The van der Waals surface area contributed by atoms with Gasteiger partial charge in [0.05, 0.1) is 12.6 Å². The largest absolute Gasteiger partial charge is 0.348 e. The van der Waals surface area contributed by atoms with Crippen LogP contribution in [0.25, 0.3) is 0 Å². The number of amides is 2. The van der Waals surface area contributed by atoms with Gasteiger partial charge in [-0.2, -0.15) is 0 Å². The number of hydrogen-bond acceptors (Lipinski definition) is 3. The molecule has 1 rings (SSSR count). The molecule has 0 aliphatic carbocycles. The molecule has 4 nitrogen and oxygen atoms in total. The number of likely N-dealkylation sites (N-methyl/N-ethyl adjacent to an activating group) is 1. The van der Waals surface area contributed by atoms with Crippen LogP contribution in [0, 0.1) is 13.8 Å². The van der Waals surface area contributed by atoms with E-state index in [1.807, 2.05) is 6.92 Å². The summed E-state index contributed by atoms with van der Waals surface area (Å²) in [7, 11) is 1.62. The number of hydrogen-bond donors (Lipinski definition) is 1. The maximum Gasteiger partial charge on any atom is 0.240 e. The molecule has 0 saturated carbocycles. The first-order valence-corrected chi connectivity index (χ1v) is 6.71. The van der Waals surface area contributed by atoms with Crippen LogP contribution in [0.15, 0.2) is 6.07 Å². The van der Waals surface area contributed by atoms with Crippen LogP contribution in [0.2, 0.25) is 0 Å². The van der Waals surface area contributed by atoms with Crippen molar-refractivity contribution in [3.05, 3.63) is 21.4 Å². The molecule has 0 radical (unpaired) electrons. The van der Waals surface area contributed by atoms with Gasteiger partial charge in [-0.25, -0.2) is 0 Å². The minimum absolute atomic E-state index is 0.0252. The summed E-state index contributed by atoms with van der Waals surface area (Å²) in [5, 5.41) is 2.91. The first-order valence-electron chi connectivity index (χ1n) is 5.89. The topological polar surface area (TPSA) is 49.4 Å². The van der Waals surface area contributed by atoms with E-state index < -0.39 is 0 Å². The number of rotatable bonds is 4. The van der Waals surface area contributed by atoms with E-state index in [-0.39, 0.29) is 24.4 Å². The Kier molecular flexibility index (Phi) is 4.90. The zero-order chi connectivity index (χ0) is 13.9. The summed E-state index contributed by atoms with van der Waals surface area (Å²) < 4.78 is 0. The molecule has 0 aliphatic rings. The lowest BCUT2D eigenvalue weighted by molar-refractivity contribution is -0.133. The maximum absolute atomic E-state index is 11.8. The number of carbonyl (C=O) groups excluding carboxylic acids is 2. The van der Waals surface area contributed by atoms with Crippen LogP contribution in [0.4, 0.5) is 0 Å². The molecule has 1 aromatic rings. The molecule has 5 heteroatoms. The maximum atomic E-state index is 11.8. The standard InChI is InChI=1S/C13H20N2O2S/c1-8-6-12(10(3)18-8)9(2)14-13(17)7-15(5)11(4)16/h6,9H,7H2,1-5H3,(H,14,17)/t9-/m1/s1. The van der Waals surface area contributed by atoms with E-state index in [0.29, 0.717) is 0 Å². The van der Waals surface area contributed by atoms with Gasteiger partial charge >= 0.3 is 0 Å². The highest BCUT2D eigenvalue weighted by Crippen LogP contribution is 2.25. The second-order valence-corrected chi connectivity index (χ2v) is 5.99. The van der Waals surface area contributed by atoms with E-state index in [1.54, 1.807) is 18.4 Å². The lowest BCUT2D eigenvalue weighted by atomic mass is 10.1. The van der Waals surface area contributed by atoms with Gasteiger partial charge in [0.15, 0.2) is 0 Å². The monoisotopic (exact) mass is 268 g/mol. The van der Waals surface area contributed by atoms with Crippen molar-refractivity contribution in [1.82, 2.24) is 10.2 Å². The summed E-state index contributed by atoms with van der Waals surface area (Å²) in [5.74, 6) is -0.246. The van der Waals surface area contributed by atoms with E-state index in [1.165, 1.54) is 21.6 Å². The third-order valence-corrected chi connectivity index (χ3v) is 3.82. The van der Waals surface area contributed by atoms with Crippen LogP contribution in [0.1, 0.15) is 35.2 Å². The van der Waals surface area contributed by atoms with Crippen LogP contribution in [0.3, 0.4) is 0 Å². The Morgan fingerprint density at radius 1 is 1.44 bits per heavy atom. The van der Waals surface area contributed by atoms with Crippen molar-refractivity contribution in [1.29, 1.82) is 0 Å². The summed E-state index contributed by atoms with van der Waals surface area (Å²) >= 11 is 1.73. The van der Waals surface area contributed by atoms with Crippen LogP contribution in [-0.4, -0.2) is 30.3 Å². The average Bonchev–Trinajstić information content (AvgIpc) is 2.57. The Balaban J connectivity index is 2.60. The van der Waals surface area contributed by atoms with Crippen LogP contribution in [-0.2, 0) is 9.59 Å². The minimum Gasteiger partial charge on any atom is -0.348 e. The molecule has 0 spiro atoms. The molecular weight excluding hydrogens is 248 g/mol. The Labute approximate surface area is 112 Å². The highest BCUT2D eigenvalue weighted by atomic mass is 32.1. The van der Waals surface area contributed by atoms with Crippen molar-refractivity contribution >= 4 is 23.2 Å². The molecular formula is C13H20N2O2S. The Hall–Kier alpha value is -1.36. The van der Waals surface area contributed by atoms with Crippen LogP contribution < -0.4 is 5.32 Å². The molecule has 18 heavy (non-hydrogen) atoms. The quantitative estimate of drug-likeness (QED) is 0.908. The fourth-order valence-electron chi connectivity index (χ4n) is 1.77. The Morgan fingerprint density at radius 2 is 2.06 bits per heavy atom. The zero-order valence-electron chi connectivity index (χ0n) is 11.5. The van der Waals surface area contributed by atoms with Crippen LogP contribution in [0.5, 0.6) is 0 Å². The molecule has 0 bridgehead atoms. The molecule has 0 saturated heterocycles. The number of nitrogens with one attached hydrogen (secondary N) is 1. The lowest BCUT2D eigenvalue weighted by Crippen LogP contribution is -2.38. The SMILES string of the molecule is CC(=O)N(C)CC(=O)N[C@H](C)c1cc(C)sc1C. The first kappa shape index (κ1) is 14.7. The van der Waals surface area contributed by atoms with Gasteiger partial charge < -0.3 is 10.2 Å². The van der Waals surface area contributed by atoms with Gasteiger partial charge in [-0.1, -0.05) is 0 Å². The summed E-state index contributed by atoms with van der Waals surface area (Å²) in [5.41, 5.74) is 1.15. The van der Waals surface area contributed by atoms with Crippen LogP contribution >= 0.6 is 11.3 Å². The number of thiophene rings is 1. The van der Waals surface area contributed by atoms with Crippen molar-refractivity contribution in [2.24, 2.45) is 0 Å². The molecule has 0 aliphatic heterocycles. The number of nitrogens with zero attached hydrogens (tertiary/aromatic N) is 1. The average molecular weight is 268 g/mol. The third-order valence-electron chi connectivity index (χ3n) is 2.84. The number of carbonyl (C=O) groups is 2. The summed E-state index contributed by atoms with van der Waals surface area (Å²) in [6, 6.07) is 2.07. The highest BCUT2D eigenvalue weighted by Gasteiger charge is 2.15. The second-order valence-electron chi connectivity index (χ2n) is 4.53. The van der Waals surface area contributed by atoms with E-state index in [0.717, 1.165) is 5.56 Å². The van der Waals surface area contributed by atoms with E-state index in [9.17, 15) is 9.59 Å². The number of aryl methyl sites for hydroxylation is 2. The molecule has 1 heterocycles. The van der Waals surface area contributed by atoms with Gasteiger partial charge in [-0.3, -0.25) is 9.59 Å². The second kappa shape index (κ2) is 6.00. The normalized spacial score (nSPS) is 12.1. The first-order chi connectivity index (χ1) is 8.31. The van der Waals surface area contributed by atoms with Gasteiger partial charge in [0, 0.05) is 23.7 Å². The molecule has 1 N–H and O–H groups in total. The van der Waals surface area contributed by atoms with Crippen molar-refractivity contribution in [2.45, 2.75) is 33.7 Å². The van der Waals surface area contributed by atoms with Gasteiger partial charge in [-0.05, 0) is 32.4 Å². The van der Waals surface area contributed by atoms with E-state index in [4.69, 9.17) is 0 Å². The molecule has 0 unspecified atom stereocenters. The highest BCUT2D eigenvalue weighted by molar-refractivity contribution is 7.12. The van der Waals surface area contributed by atoms with Crippen molar-refractivity contribution < 1.29 is 9.59 Å². The Bertz CT molecular complexity index is 454. The predicted octanol–water partition coefficient (Wildman–Crippen LogP) is 2.02. The van der Waals surface area contributed by atoms with Crippen molar-refractivity contribution in [3.8, 4) is 0 Å². The summed E-state index contributed by atoms with van der Waals surface area (Å²) in [6.45, 7) is 7.61. The smallest absolute Gasteiger partial charge is 0.240 e. The zero-order valence-corrected chi connectivity index (χ0v) is 12.4. The van der Waals surface area contributed by atoms with Gasteiger partial charge in [-0.15, -0.1) is 11.3 Å². The molecule has 1 atom stereocenters. The third kappa shape index (κ3) is 3.84. The molecule has 100 valence electrons. The summed E-state index contributed by atoms with van der Waals surface area (Å²) in [4.78, 5) is 26.7. The fourth-order valence-corrected chi connectivity index (χ4v) is 2.79. The molecule has 1 aromatic heterocycles. The van der Waals surface area contributed by atoms with Gasteiger partial charge in [0.1, 0.15) is 0 Å². The van der Waals surface area contributed by atoms with Gasteiger partial charge in [0.25, 0.3) is 0 Å². The fraction of sp³-hybridized carbons (Fsp3) is 0.538. The van der Waals surface area contributed by atoms with E-state index >= 15 is 0 Å². The molecule has 2 amide bonds. The van der Waals surface area contributed by atoms with E-state index in [2.05, 4.69) is 25.2 Å². The Morgan fingerprint density at radius 3 is 2.50 bits per heavy atom.